The summed E-state index contributed by atoms with van der Waals surface area (Å²) < 4.78 is 19.5. The summed E-state index contributed by atoms with van der Waals surface area (Å²) in [4.78, 5) is 0. The number of halogens is 1. The van der Waals surface area contributed by atoms with Crippen molar-refractivity contribution in [3.8, 4) is 0 Å². The van der Waals surface area contributed by atoms with Crippen molar-refractivity contribution >= 4 is 24.9 Å². The molecule has 0 aliphatic rings. The van der Waals surface area contributed by atoms with Gasteiger partial charge in [0.1, 0.15) is 0 Å². The highest BCUT2D eigenvalue weighted by atomic mass is 35.7. The van der Waals surface area contributed by atoms with Crippen molar-refractivity contribution in [3.63, 3.8) is 0 Å². The Bertz CT molecular complexity index is 170. The molecule has 0 aliphatic carbocycles. The third kappa shape index (κ3) is 2.41. The molecule has 0 aromatic heterocycles. The summed E-state index contributed by atoms with van der Waals surface area (Å²) in [5.41, 5.74) is 4.43. The fraction of sp³-hybridized carbons (Fsp3) is 0. The number of nitrogens with one attached hydrogen (secondary N) is 1. The summed E-state index contributed by atoms with van der Waals surface area (Å²) in [5, 5.41) is 5.18. The SMILES string of the molecule is N=C(N)S(=O)(=O)Cl. The molecule has 0 aromatic rings. The second kappa shape index (κ2) is 1.67. The van der Waals surface area contributed by atoms with E-state index < -0.39 is 14.2 Å². The quantitative estimate of drug-likeness (QED) is 0.270. The van der Waals surface area contributed by atoms with Gasteiger partial charge in [-0.25, -0.2) is 8.42 Å². The van der Waals surface area contributed by atoms with E-state index in [1.54, 1.807) is 0 Å². The predicted octanol–water partition coefficient (Wildman–Crippen LogP) is -0.552. The van der Waals surface area contributed by atoms with E-state index in [1.165, 1.54) is 0 Å². The van der Waals surface area contributed by atoms with E-state index >= 15 is 0 Å². The van der Waals surface area contributed by atoms with Crippen LogP contribution in [-0.4, -0.2) is 13.6 Å². The van der Waals surface area contributed by atoms with Crippen LogP contribution in [0.5, 0.6) is 0 Å². The van der Waals surface area contributed by atoms with E-state index in [9.17, 15) is 8.42 Å². The molecule has 0 amide bonds. The lowest BCUT2D eigenvalue weighted by atomic mass is 11.4. The van der Waals surface area contributed by atoms with Gasteiger partial charge in [0.15, 0.2) is 0 Å². The maximum atomic E-state index is 9.75. The van der Waals surface area contributed by atoms with Gasteiger partial charge in [-0.05, 0) is 0 Å². The van der Waals surface area contributed by atoms with Gasteiger partial charge in [-0.2, -0.15) is 0 Å². The fourth-order valence-corrected chi connectivity index (χ4v) is 0. The van der Waals surface area contributed by atoms with Crippen molar-refractivity contribution < 1.29 is 8.42 Å². The van der Waals surface area contributed by atoms with Gasteiger partial charge >= 0.3 is 0 Å². The van der Waals surface area contributed by atoms with Crippen molar-refractivity contribution in [1.82, 2.24) is 0 Å². The number of nitrogens with two attached hydrogens (primary N) is 1. The molecule has 0 unspecified atom stereocenters. The first-order chi connectivity index (χ1) is 2.94. The molecule has 0 saturated carbocycles. The minimum Gasteiger partial charge on any atom is -0.374 e. The molecule has 4 nitrogen and oxygen atoms in total. The first-order valence-corrected chi connectivity index (χ1v) is 3.54. The van der Waals surface area contributed by atoms with Crippen LogP contribution in [0.2, 0.25) is 0 Å². The van der Waals surface area contributed by atoms with Crippen molar-refractivity contribution in [3.05, 3.63) is 0 Å². The Hall–Kier alpha value is -0.290. The van der Waals surface area contributed by atoms with Gasteiger partial charge in [-0.1, -0.05) is 0 Å². The zero-order valence-corrected chi connectivity index (χ0v) is 4.75. The van der Waals surface area contributed by atoms with E-state index in [0.717, 1.165) is 0 Å². The summed E-state index contributed by atoms with van der Waals surface area (Å²) in [5.74, 6) is 0. The van der Waals surface area contributed by atoms with Crippen LogP contribution in [0.15, 0.2) is 0 Å². The standard InChI is InChI=1S/CH3ClN2O2S/c2-7(5,6)1(3)4/h(H3,3,4). The molecule has 0 saturated heterocycles. The molecule has 0 aliphatic heterocycles. The van der Waals surface area contributed by atoms with Gasteiger partial charge in [0.2, 0.25) is 5.17 Å². The zero-order valence-electron chi connectivity index (χ0n) is 3.18. The van der Waals surface area contributed by atoms with Crippen LogP contribution in [0, 0.1) is 5.41 Å². The summed E-state index contributed by atoms with van der Waals surface area (Å²) in [6.45, 7) is 0. The Morgan fingerprint density at radius 3 is 1.86 bits per heavy atom. The highest BCUT2D eigenvalue weighted by Crippen LogP contribution is 1.91. The van der Waals surface area contributed by atoms with Crippen LogP contribution in [0.25, 0.3) is 0 Å². The smallest absolute Gasteiger partial charge is 0.293 e. The molecule has 0 rings (SSSR count). The van der Waals surface area contributed by atoms with Crippen LogP contribution >= 0.6 is 10.7 Å². The topological polar surface area (TPSA) is 84.0 Å². The Labute approximate surface area is 45.2 Å². The van der Waals surface area contributed by atoms with Crippen molar-refractivity contribution in [1.29, 1.82) is 5.41 Å². The molecule has 0 atom stereocenters. The minimum absolute atomic E-state index is 1.02. The Morgan fingerprint density at radius 2 is 1.86 bits per heavy atom. The molecule has 0 bridgehead atoms. The molecular weight excluding hydrogens is 140 g/mol. The highest BCUT2D eigenvalue weighted by molar-refractivity contribution is 8.25. The molecule has 42 valence electrons. The molecule has 0 heterocycles. The summed E-state index contributed by atoms with van der Waals surface area (Å²) in [6.07, 6.45) is 0. The highest BCUT2D eigenvalue weighted by Gasteiger charge is 2.06. The van der Waals surface area contributed by atoms with E-state index in [2.05, 4.69) is 16.4 Å². The van der Waals surface area contributed by atoms with Crippen LogP contribution < -0.4 is 5.73 Å². The predicted molar refractivity (Wildman–Crippen MR) is 26.7 cm³/mol. The van der Waals surface area contributed by atoms with Gasteiger partial charge < -0.3 is 5.73 Å². The van der Waals surface area contributed by atoms with Crippen molar-refractivity contribution in [2.75, 3.05) is 0 Å². The minimum atomic E-state index is -3.91. The molecule has 3 N–H and O–H groups in total. The van der Waals surface area contributed by atoms with Crippen molar-refractivity contribution in [2.45, 2.75) is 0 Å². The second-order valence-electron chi connectivity index (χ2n) is 0.802. The molecule has 0 aromatic carbocycles. The molecule has 0 fully saturated rings. The van der Waals surface area contributed by atoms with Gasteiger partial charge in [-0.3, -0.25) is 5.41 Å². The largest absolute Gasteiger partial charge is 0.374 e. The van der Waals surface area contributed by atoms with E-state index in [0.29, 0.717) is 0 Å². The van der Waals surface area contributed by atoms with Gasteiger partial charge in [-0.15, -0.1) is 0 Å². The summed E-state index contributed by atoms with van der Waals surface area (Å²) in [6, 6.07) is 0. The van der Waals surface area contributed by atoms with Gasteiger partial charge in [0.25, 0.3) is 9.05 Å². The van der Waals surface area contributed by atoms with Crippen LogP contribution in [-0.2, 0) is 9.05 Å². The number of hydrogen-bond donors (Lipinski definition) is 2. The maximum absolute atomic E-state index is 9.75. The Balaban J connectivity index is 4.43. The lowest BCUT2D eigenvalue weighted by Crippen LogP contribution is -2.16. The molecule has 0 radical (unpaired) electrons. The first kappa shape index (κ1) is 6.71. The average Bonchev–Trinajstić information content (AvgIpc) is 1.31. The van der Waals surface area contributed by atoms with Crippen LogP contribution in [0.4, 0.5) is 0 Å². The van der Waals surface area contributed by atoms with Crippen molar-refractivity contribution in [2.24, 2.45) is 5.73 Å². The van der Waals surface area contributed by atoms with Gasteiger partial charge in [0.05, 0.1) is 0 Å². The normalized spacial score (nSPS) is 11.0. The third-order valence-electron chi connectivity index (χ3n) is 0.263. The van der Waals surface area contributed by atoms with E-state index in [4.69, 9.17) is 5.41 Å². The monoisotopic (exact) mass is 142 g/mol. The first-order valence-electron chi connectivity index (χ1n) is 1.23. The second-order valence-corrected chi connectivity index (χ2v) is 3.34. The Kier molecular flexibility index (Phi) is 1.60. The average molecular weight is 143 g/mol. The zero-order chi connectivity index (χ0) is 6.08. The fourth-order valence-electron chi connectivity index (χ4n) is 0. The number of rotatable bonds is 0. The summed E-state index contributed by atoms with van der Waals surface area (Å²) >= 11 is 0. The number of amidine groups is 1. The van der Waals surface area contributed by atoms with E-state index in [-0.39, 0.29) is 0 Å². The Morgan fingerprint density at radius 1 is 1.71 bits per heavy atom. The van der Waals surface area contributed by atoms with Gasteiger partial charge in [0, 0.05) is 10.7 Å². The molecule has 7 heavy (non-hydrogen) atoms. The number of hydrogen-bond acceptors (Lipinski definition) is 3. The lowest BCUT2D eigenvalue weighted by molar-refractivity contribution is 0.619. The van der Waals surface area contributed by atoms with E-state index in [1.807, 2.05) is 0 Å². The van der Waals surface area contributed by atoms with Crippen LogP contribution in [0.1, 0.15) is 0 Å². The lowest BCUT2D eigenvalue weighted by Gasteiger charge is -1.82. The molecule has 6 heteroatoms. The molecule has 0 spiro atoms. The molecular formula is CH3ClN2O2S. The summed E-state index contributed by atoms with van der Waals surface area (Å²) in [7, 11) is 0.583. The third-order valence-corrected chi connectivity index (χ3v) is 1.29. The van der Waals surface area contributed by atoms with Crippen LogP contribution in [0.3, 0.4) is 0 Å². The maximum Gasteiger partial charge on any atom is 0.293 e.